The van der Waals surface area contributed by atoms with Crippen molar-refractivity contribution in [2.75, 3.05) is 26.2 Å². The summed E-state index contributed by atoms with van der Waals surface area (Å²) in [6.07, 6.45) is -4.97. The number of halogens is 3. The second kappa shape index (κ2) is 10.4. The topological polar surface area (TPSA) is 94.5 Å². The highest BCUT2D eigenvalue weighted by molar-refractivity contribution is 6.51. The van der Waals surface area contributed by atoms with Gasteiger partial charge in [-0.15, -0.1) is 13.2 Å². The number of benzene rings is 3. The zero-order valence-electron chi connectivity index (χ0n) is 20.4. The molecule has 1 saturated heterocycles. The number of carbonyl (C=O) groups is 2. The van der Waals surface area contributed by atoms with Crippen molar-refractivity contribution in [2.45, 2.75) is 12.4 Å². The van der Waals surface area contributed by atoms with Gasteiger partial charge in [-0.05, 0) is 42.0 Å². The van der Waals surface area contributed by atoms with Crippen LogP contribution in [0.5, 0.6) is 23.0 Å². The molecule has 3 aromatic rings. The van der Waals surface area contributed by atoms with Crippen molar-refractivity contribution in [3.8, 4) is 23.0 Å². The molecule has 1 N–H and O–H groups in total. The molecule has 0 bridgehead atoms. The van der Waals surface area contributed by atoms with Crippen LogP contribution in [0.1, 0.15) is 17.2 Å². The maximum absolute atomic E-state index is 13.4. The Morgan fingerprint density at radius 2 is 1.45 bits per heavy atom. The summed E-state index contributed by atoms with van der Waals surface area (Å²) in [5.41, 5.74) is -0.0143. The Hall–Kier alpha value is -4.67. The molecule has 1 unspecified atom stereocenters. The number of Topliss-reactive ketones (excluding diaryl/α,β-unsaturated/α-hetero) is 1. The second-order valence-electron chi connectivity index (χ2n) is 8.03. The zero-order valence-corrected chi connectivity index (χ0v) is 20.4. The first-order valence-electron chi connectivity index (χ1n) is 11.1. The molecule has 8 nitrogen and oxygen atoms in total. The third-order valence-corrected chi connectivity index (χ3v) is 5.85. The van der Waals surface area contributed by atoms with Gasteiger partial charge < -0.3 is 24.1 Å². The van der Waals surface area contributed by atoms with Crippen LogP contribution in [0.2, 0.25) is 0 Å². The van der Waals surface area contributed by atoms with Crippen LogP contribution < -0.4 is 23.8 Å². The lowest BCUT2D eigenvalue weighted by atomic mass is 9.94. The van der Waals surface area contributed by atoms with Crippen LogP contribution in [0, 0.1) is 0 Å². The average Bonchev–Trinajstić information content (AvgIpc) is 3.17. The largest absolute Gasteiger partial charge is 0.573 e. The predicted molar refractivity (Wildman–Crippen MR) is 130 cm³/mol. The van der Waals surface area contributed by atoms with Crippen molar-refractivity contribution in [1.82, 2.24) is 0 Å². The number of ether oxygens (including phenoxy) is 4. The number of carbonyl (C=O) groups excluding carboxylic acids is 2. The van der Waals surface area contributed by atoms with Gasteiger partial charge in [0.1, 0.15) is 34.3 Å². The van der Waals surface area contributed by atoms with E-state index in [1.807, 2.05) is 0 Å². The summed E-state index contributed by atoms with van der Waals surface area (Å²) in [5.74, 6) is -2.60. The molecule has 11 heteroatoms. The zero-order chi connectivity index (χ0) is 27.6. The van der Waals surface area contributed by atoms with E-state index >= 15 is 0 Å². The molecule has 0 radical (unpaired) electrons. The fraction of sp³-hybridized carbons (Fsp3) is 0.185. The summed E-state index contributed by atoms with van der Waals surface area (Å²) in [4.78, 5) is 27.8. The first kappa shape index (κ1) is 26.4. The van der Waals surface area contributed by atoms with E-state index in [0.717, 1.165) is 17.0 Å². The molecule has 1 heterocycles. The van der Waals surface area contributed by atoms with Crippen LogP contribution in [0.15, 0.2) is 72.3 Å². The number of amides is 1. The lowest BCUT2D eigenvalue weighted by Gasteiger charge is -2.26. The average molecular weight is 529 g/mol. The smallest absolute Gasteiger partial charge is 0.506 e. The molecular weight excluding hydrogens is 507 g/mol. The summed E-state index contributed by atoms with van der Waals surface area (Å²) < 4.78 is 58.6. The van der Waals surface area contributed by atoms with Gasteiger partial charge in [-0.2, -0.15) is 0 Å². The van der Waals surface area contributed by atoms with Gasteiger partial charge in [0.25, 0.3) is 11.7 Å². The predicted octanol–water partition coefficient (Wildman–Crippen LogP) is 5.24. The number of rotatable bonds is 7. The molecule has 1 fully saturated rings. The van der Waals surface area contributed by atoms with Crippen molar-refractivity contribution in [2.24, 2.45) is 0 Å². The van der Waals surface area contributed by atoms with E-state index in [9.17, 15) is 27.9 Å². The number of alkyl halides is 3. The molecule has 198 valence electrons. The van der Waals surface area contributed by atoms with Gasteiger partial charge in [0.15, 0.2) is 0 Å². The number of anilines is 1. The van der Waals surface area contributed by atoms with Crippen molar-refractivity contribution in [1.29, 1.82) is 0 Å². The molecule has 0 aliphatic carbocycles. The lowest BCUT2D eigenvalue weighted by Crippen LogP contribution is -2.29. The van der Waals surface area contributed by atoms with Gasteiger partial charge in [0.05, 0.1) is 32.9 Å². The molecule has 1 aliphatic rings. The van der Waals surface area contributed by atoms with Gasteiger partial charge in [0, 0.05) is 11.8 Å². The number of ketones is 1. The van der Waals surface area contributed by atoms with Crippen molar-refractivity contribution >= 4 is 23.1 Å². The van der Waals surface area contributed by atoms with Gasteiger partial charge in [-0.25, -0.2) is 0 Å². The highest BCUT2D eigenvalue weighted by atomic mass is 19.4. The first-order chi connectivity index (χ1) is 18.1. The lowest BCUT2D eigenvalue weighted by molar-refractivity contribution is -0.274. The normalized spacial score (nSPS) is 16.9. The molecule has 1 atom stereocenters. The molecule has 1 aliphatic heterocycles. The second-order valence-corrected chi connectivity index (χ2v) is 8.03. The summed E-state index contributed by atoms with van der Waals surface area (Å²) in [6.45, 7) is 0. The minimum Gasteiger partial charge on any atom is -0.506 e. The number of hydrogen-bond acceptors (Lipinski definition) is 7. The van der Waals surface area contributed by atoms with E-state index in [1.54, 1.807) is 30.3 Å². The first-order valence-corrected chi connectivity index (χ1v) is 11.1. The molecule has 0 spiro atoms. The minimum absolute atomic E-state index is 0.0255. The molecule has 4 rings (SSSR count). The van der Waals surface area contributed by atoms with Gasteiger partial charge >= 0.3 is 6.36 Å². The van der Waals surface area contributed by atoms with Gasteiger partial charge in [-0.3, -0.25) is 14.5 Å². The standard InChI is InChI=1S/C27H22F3NO7/c1-35-17-9-4-7-15(13-17)23-22(24(32)21-19(36-2)11-6-12-20(21)37-3)25(33)26(34)31(23)16-8-5-10-18(14-16)38-27(28,29)30/h4-14,23,32H,1-3H3/b24-22+. The molecule has 38 heavy (non-hydrogen) atoms. The summed E-state index contributed by atoms with van der Waals surface area (Å²) in [7, 11) is 4.14. The van der Waals surface area contributed by atoms with E-state index < -0.39 is 35.6 Å². The third-order valence-electron chi connectivity index (χ3n) is 5.85. The van der Waals surface area contributed by atoms with E-state index in [-0.39, 0.29) is 28.3 Å². The number of nitrogens with zero attached hydrogens (tertiary/aromatic N) is 1. The maximum Gasteiger partial charge on any atom is 0.573 e. The van der Waals surface area contributed by atoms with Crippen LogP contribution in [0.3, 0.4) is 0 Å². The number of hydrogen-bond donors (Lipinski definition) is 1. The van der Waals surface area contributed by atoms with Crippen LogP contribution in [0.25, 0.3) is 5.76 Å². The Morgan fingerprint density at radius 3 is 2.05 bits per heavy atom. The van der Waals surface area contributed by atoms with Crippen molar-refractivity contribution in [3.05, 3.63) is 83.4 Å². The summed E-state index contributed by atoms with van der Waals surface area (Å²) >= 11 is 0. The quantitative estimate of drug-likeness (QED) is 0.254. The van der Waals surface area contributed by atoms with Crippen molar-refractivity contribution in [3.63, 3.8) is 0 Å². The fourth-order valence-corrected chi connectivity index (χ4v) is 4.28. The van der Waals surface area contributed by atoms with Crippen molar-refractivity contribution < 1.29 is 46.8 Å². The van der Waals surface area contributed by atoms with Gasteiger partial charge in [-0.1, -0.05) is 24.3 Å². The van der Waals surface area contributed by atoms with Gasteiger partial charge in [0.2, 0.25) is 0 Å². The Labute approximate surface area is 215 Å². The maximum atomic E-state index is 13.4. The Kier molecular flexibility index (Phi) is 7.20. The van der Waals surface area contributed by atoms with E-state index in [0.29, 0.717) is 11.3 Å². The number of aliphatic hydroxyl groups excluding tert-OH is 1. The highest BCUT2D eigenvalue weighted by Gasteiger charge is 2.48. The van der Waals surface area contributed by atoms with Crippen LogP contribution in [-0.2, 0) is 9.59 Å². The Bertz CT molecular complexity index is 1400. The van der Waals surface area contributed by atoms with E-state index in [1.165, 1.54) is 45.6 Å². The monoisotopic (exact) mass is 529 g/mol. The SMILES string of the molecule is COc1cccc(C2/C(=C(\O)c3c(OC)cccc3OC)C(=O)C(=O)N2c2cccc(OC(F)(F)F)c2)c1. The molecular formula is C27H22F3NO7. The Morgan fingerprint density at radius 1 is 0.842 bits per heavy atom. The van der Waals surface area contributed by atoms with Crippen LogP contribution in [-0.4, -0.2) is 44.5 Å². The molecule has 0 saturated carbocycles. The minimum atomic E-state index is -4.97. The van der Waals surface area contributed by atoms with Crippen LogP contribution in [0.4, 0.5) is 18.9 Å². The highest BCUT2D eigenvalue weighted by Crippen LogP contribution is 2.46. The summed E-state index contributed by atoms with van der Waals surface area (Å²) in [6, 6.07) is 14.5. The summed E-state index contributed by atoms with van der Waals surface area (Å²) in [5, 5.41) is 11.5. The molecule has 0 aromatic heterocycles. The fourth-order valence-electron chi connectivity index (χ4n) is 4.28. The molecule has 1 amide bonds. The van der Waals surface area contributed by atoms with E-state index in [4.69, 9.17) is 14.2 Å². The van der Waals surface area contributed by atoms with E-state index in [2.05, 4.69) is 4.74 Å². The Balaban J connectivity index is 1.98. The number of aliphatic hydroxyl groups is 1. The third kappa shape index (κ3) is 4.95. The molecule has 3 aromatic carbocycles. The number of methoxy groups -OCH3 is 3. The van der Waals surface area contributed by atoms with Crippen LogP contribution >= 0.6 is 0 Å².